The lowest BCUT2D eigenvalue weighted by Crippen LogP contribution is -2.03. The van der Waals surface area contributed by atoms with Crippen molar-refractivity contribution in [3.63, 3.8) is 0 Å². The van der Waals surface area contributed by atoms with Crippen molar-refractivity contribution in [1.29, 1.82) is 0 Å². The first kappa shape index (κ1) is 13.6. The second-order valence-electron chi connectivity index (χ2n) is 5.32. The number of benzene rings is 3. The first-order valence-electron chi connectivity index (χ1n) is 7.22. The van der Waals surface area contributed by atoms with Crippen LogP contribution in [-0.4, -0.2) is 14.2 Å². The van der Waals surface area contributed by atoms with Crippen LogP contribution in [0, 0.1) is 0 Å². The molecule has 1 heterocycles. The van der Waals surface area contributed by atoms with Crippen LogP contribution in [0.4, 0.5) is 0 Å². The monoisotopic (exact) mass is 306 g/mol. The fourth-order valence-electron chi connectivity index (χ4n) is 2.89. The summed E-state index contributed by atoms with van der Waals surface area (Å²) in [5.41, 5.74) is 1.07. The molecule has 0 bridgehead atoms. The highest BCUT2D eigenvalue weighted by molar-refractivity contribution is 6.08. The van der Waals surface area contributed by atoms with Gasteiger partial charge in [0.25, 0.3) is 0 Å². The van der Waals surface area contributed by atoms with E-state index in [4.69, 9.17) is 13.9 Å². The van der Waals surface area contributed by atoms with Gasteiger partial charge in [0.15, 0.2) is 0 Å². The van der Waals surface area contributed by atoms with Gasteiger partial charge in [-0.05, 0) is 53.2 Å². The van der Waals surface area contributed by atoms with Crippen LogP contribution >= 0.6 is 0 Å². The Morgan fingerprint density at radius 1 is 0.783 bits per heavy atom. The van der Waals surface area contributed by atoms with Crippen molar-refractivity contribution in [1.82, 2.24) is 0 Å². The predicted molar refractivity (Wildman–Crippen MR) is 90.6 cm³/mol. The van der Waals surface area contributed by atoms with Gasteiger partial charge < -0.3 is 13.9 Å². The van der Waals surface area contributed by atoms with E-state index in [0.29, 0.717) is 27.7 Å². The van der Waals surface area contributed by atoms with E-state index < -0.39 is 0 Å². The lowest BCUT2D eigenvalue weighted by atomic mass is 10.0. The number of hydrogen-bond donors (Lipinski definition) is 0. The van der Waals surface area contributed by atoms with Gasteiger partial charge in [0, 0.05) is 0 Å². The molecule has 0 amide bonds. The highest BCUT2D eigenvalue weighted by Crippen LogP contribution is 2.29. The molecule has 1 aromatic heterocycles. The second kappa shape index (κ2) is 5.02. The molecule has 0 atom stereocenters. The molecule has 0 saturated heterocycles. The Kier molecular flexibility index (Phi) is 2.98. The van der Waals surface area contributed by atoms with Crippen LogP contribution in [0.15, 0.2) is 57.7 Å². The first-order chi connectivity index (χ1) is 11.2. The van der Waals surface area contributed by atoms with Gasteiger partial charge in [-0.25, -0.2) is 0 Å². The molecule has 4 rings (SSSR count). The van der Waals surface area contributed by atoms with Crippen LogP contribution in [0.1, 0.15) is 0 Å². The van der Waals surface area contributed by atoms with E-state index >= 15 is 0 Å². The van der Waals surface area contributed by atoms with Gasteiger partial charge in [-0.3, -0.25) is 4.79 Å². The molecular weight excluding hydrogens is 292 g/mol. The molecule has 0 unspecified atom stereocenters. The molecule has 4 nitrogen and oxygen atoms in total. The van der Waals surface area contributed by atoms with E-state index in [0.717, 1.165) is 16.5 Å². The molecule has 4 aromatic rings. The Hall–Kier alpha value is -3.01. The summed E-state index contributed by atoms with van der Waals surface area (Å²) in [6.07, 6.45) is 0. The summed E-state index contributed by atoms with van der Waals surface area (Å²) < 4.78 is 16.4. The minimum atomic E-state index is -0.0593. The van der Waals surface area contributed by atoms with Crippen LogP contribution in [0.3, 0.4) is 0 Å². The minimum absolute atomic E-state index is 0.0593. The maximum atomic E-state index is 13.0. The molecule has 0 fully saturated rings. The van der Waals surface area contributed by atoms with Gasteiger partial charge in [-0.15, -0.1) is 0 Å². The standard InChI is InChI=1S/C19H14O4/c1-21-12-4-6-14-11(9-12)3-7-17-18(14)19(20)15-10-13(22-2)5-8-16(15)23-17/h3-10H,1-2H3. The largest absolute Gasteiger partial charge is 0.497 e. The zero-order chi connectivity index (χ0) is 16.0. The summed E-state index contributed by atoms with van der Waals surface area (Å²) in [7, 11) is 3.20. The van der Waals surface area contributed by atoms with Crippen molar-refractivity contribution >= 4 is 32.7 Å². The molecule has 3 aromatic carbocycles. The SMILES string of the molecule is COc1ccc2c(ccc3oc4ccc(OC)cc4c(=O)c32)c1. The van der Waals surface area contributed by atoms with Crippen molar-refractivity contribution in [2.45, 2.75) is 0 Å². The first-order valence-corrected chi connectivity index (χ1v) is 7.22. The maximum absolute atomic E-state index is 13.0. The van der Waals surface area contributed by atoms with Crippen molar-refractivity contribution in [2.75, 3.05) is 14.2 Å². The number of ether oxygens (including phenoxy) is 2. The summed E-state index contributed by atoms with van der Waals surface area (Å²) >= 11 is 0. The van der Waals surface area contributed by atoms with Crippen molar-refractivity contribution in [3.05, 3.63) is 58.8 Å². The third kappa shape index (κ3) is 2.03. The molecule has 0 saturated carbocycles. The smallest absolute Gasteiger partial charge is 0.201 e. The normalized spacial score (nSPS) is 11.2. The third-order valence-electron chi connectivity index (χ3n) is 4.07. The molecule has 0 N–H and O–H groups in total. The van der Waals surface area contributed by atoms with Crippen LogP contribution in [-0.2, 0) is 0 Å². The van der Waals surface area contributed by atoms with Gasteiger partial charge in [0.1, 0.15) is 22.7 Å². The predicted octanol–water partition coefficient (Wildman–Crippen LogP) is 4.12. The van der Waals surface area contributed by atoms with E-state index in [1.165, 1.54) is 0 Å². The summed E-state index contributed by atoms with van der Waals surface area (Å²) in [6, 6.07) is 14.6. The number of rotatable bonds is 2. The Labute approximate surface area is 131 Å². The molecule has 0 radical (unpaired) electrons. The van der Waals surface area contributed by atoms with Gasteiger partial charge in [-0.1, -0.05) is 6.07 Å². The number of fused-ring (bicyclic) bond motifs is 4. The van der Waals surface area contributed by atoms with Gasteiger partial charge in [-0.2, -0.15) is 0 Å². The summed E-state index contributed by atoms with van der Waals surface area (Å²) in [4.78, 5) is 13.0. The number of methoxy groups -OCH3 is 2. The Balaban J connectivity index is 2.18. The molecule has 23 heavy (non-hydrogen) atoms. The average molecular weight is 306 g/mol. The fourth-order valence-corrected chi connectivity index (χ4v) is 2.89. The van der Waals surface area contributed by atoms with Crippen LogP contribution in [0.2, 0.25) is 0 Å². The van der Waals surface area contributed by atoms with Gasteiger partial charge in [0.2, 0.25) is 5.43 Å². The Bertz CT molecular complexity index is 1110. The van der Waals surface area contributed by atoms with Crippen LogP contribution < -0.4 is 14.9 Å². The van der Waals surface area contributed by atoms with Crippen LogP contribution in [0.25, 0.3) is 32.7 Å². The number of hydrogen-bond acceptors (Lipinski definition) is 4. The summed E-state index contributed by atoms with van der Waals surface area (Å²) in [5, 5.41) is 2.87. The van der Waals surface area contributed by atoms with Gasteiger partial charge in [0.05, 0.1) is 25.0 Å². The van der Waals surface area contributed by atoms with Crippen LogP contribution in [0.5, 0.6) is 11.5 Å². The van der Waals surface area contributed by atoms with E-state index in [2.05, 4.69) is 0 Å². The summed E-state index contributed by atoms with van der Waals surface area (Å²) in [6.45, 7) is 0. The lowest BCUT2D eigenvalue weighted by Gasteiger charge is -2.07. The fraction of sp³-hybridized carbons (Fsp3) is 0.105. The molecule has 0 aliphatic carbocycles. The molecule has 4 heteroatoms. The molecular formula is C19H14O4. The lowest BCUT2D eigenvalue weighted by molar-refractivity contribution is 0.415. The van der Waals surface area contributed by atoms with E-state index in [1.807, 2.05) is 30.3 Å². The Morgan fingerprint density at radius 2 is 1.48 bits per heavy atom. The third-order valence-corrected chi connectivity index (χ3v) is 4.07. The molecule has 0 aliphatic rings. The topological polar surface area (TPSA) is 48.7 Å². The zero-order valence-corrected chi connectivity index (χ0v) is 12.8. The quantitative estimate of drug-likeness (QED) is 0.413. The highest BCUT2D eigenvalue weighted by atomic mass is 16.5. The molecule has 0 aliphatic heterocycles. The highest BCUT2D eigenvalue weighted by Gasteiger charge is 2.12. The Morgan fingerprint density at radius 3 is 2.26 bits per heavy atom. The zero-order valence-electron chi connectivity index (χ0n) is 12.8. The van der Waals surface area contributed by atoms with Crippen molar-refractivity contribution in [2.24, 2.45) is 0 Å². The van der Waals surface area contributed by atoms with Crippen molar-refractivity contribution < 1.29 is 13.9 Å². The van der Waals surface area contributed by atoms with E-state index in [9.17, 15) is 4.79 Å². The molecule has 114 valence electrons. The van der Waals surface area contributed by atoms with Gasteiger partial charge >= 0.3 is 0 Å². The van der Waals surface area contributed by atoms with E-state index in [1.54, 1.807) is 32.4 Å². The second-order valence-corrected chi connectivity index (χ2v) is 5.32. The van der Waals surface area contributed by atoms with E-state index in [-0.39, 0.29) is 5.43 Å². The average Bonchev–Trinajstić information content (AvgIpc) is 2.60. The summed E-state index contributed by atoms with van der Waals surface area (Å²) in [5.74, 6) is 1.38. The maximum Gasteiger partial charge on any atom is 0.201 e. The van der Waals surface area contributed by atoms with Crippen molar-refractivity contribution in [3.8, 4) is 11.5 Å². The molecule has 0 spiro atoms. The minimum Gasteiger partial charge on any atom is -0.497 e.